The topological polar surface area (TPSA) is 49.6 Å². The quantitative estimate of drug-likeness (QED) is 0.824. The van der Waals surface area contributed by atoms with Crippen molar-refractivity contribution in [2.45, 2.75) is 26.4 Å². The molecule has 0 spiro atoms. The molecule has 1 fully saturated rings. The van der Waals surface area contributed by atoms with Crippen molar-refractivity contribution in [2.75, 3.05) is 26.7 Å². The first kappa shape index (κ1) is 21.4. The van der Waals surface area contributed by atoms with Crippen LogP contribution in [0.15, 0.2) is 54.6 Å². The molecule has 2 aromatic carbocycles. The van der Waals surface area contributed by atoms with Crippen molar-refractivity contribution in [3.63, 3.8) is 0 Å². The zero-order chi connectivity index (χ0) is 18.6. The Kier molecular flexibility index (Phi) is 7.42. The molecule has 2 N–H and O–H groups in total. The molecule has 0 aliphatic carbocycles. The van der Waals surface area contributed by atoms with Crippen molar-refractivity contribution in [1.29, 1.82) is 0 Å². The number of amides is 1. The molecule has 1 unspecified atom stereocenters. The van der Waals surface area contributed by atoms with Crippen LogP contribution in [-0.4, -0.2) is 42.4 Å². The summed E-state index contributed by atoms with van der Waals surface area (Å²) in [5.74, 6) is 0.120. The van der Waals surface area contributed by atoms with Gasteiger partial charge in [0.2, 0.25) is 0 Å². The van der Waals surface area contributed by atoms with Crippen LogP contribution >= 0.6 is 12.4 Å². The first-order valence-electron chi connectivity index (χ1n) is 9.30. The first-order chi connectivity index (χ1) is 12.5. The first-order valence-corrected chi connectivity index (χ1v) is 9.30. The summed E-state index contributed by atoms with van der Waals surface area (Å²) >= 11 is 0. The molecule has 0 saturated carbocycles. The fourth-order valence-corrected chi connectivity index (χ4v) is 3.61. The van der Waals surface area contributed by atoms with E-state index in [9.17, 15) is 4.79 Å². The molecule has 3 rings (SSSR count). The molecule has 0 radical (unpaired) electrons. The normalized spacial score (nSPS) is 19.2. The average Bonchev–Trinajstić information content (AvgIpc) is 3.05. The number of hydrogen-bond acceptors (Lipinski definition) is 3. The van der Waals surface area contributed by atoms with E-state index < -0.39 is 0 Å². The van der Waals surface area contributed by atoms with E-state index in [2.05, 4.69) is 49.2 Å². The maximum absolute atomic E-state index is 12.9. The van der Waals surface area contributed by atoms with E-state index in [0.29, 0.717) is 6.54 Å². The van der Waals surface area contributed by atoms with Crippen LogP contribution in [0.1, 0.15) is 34.8 Å². The fraction of sp³-hybridized carbons (Fsp3) is 0.409. The van der Waals surface area contributed by atoms with Crippen molar-refractivity contribution >= 4 is 18.3 Å². The summed E-state index contributed by atoms with van der Waals surface area (Å²) in [6.45, 7) is 6.04. The Hall–Kier alpha value is -1.88. The maximum Gasteiger partial charge on any atom is 0.253 e. The lowest BCUT2D eigenvalue weighted by molar-refractivity contribution is 0.0776. The highest BCUT2D eigenvalue weighted by Crippen LogP contribution is 2.29. The summed E-state index contributed by atoms with van der Waals surface area (Å²) in [6.07, 6.45) is 0.981. The van der Waals surface area contributed by atoms with Crippen molar-refractivity contribution in [3.05, 3.63) is 71.3 Å². The molecule has 2 aromatic rings. The second-order valence-corrected chi connectivity index (χ2v) is 7.85. The van der Waals surface area contributed by atoms with E-state index in [1.165, 1.54) is 5.56 Å². The third-order valence-electron chi connectivity index (χ3n) is 5.26. The lowest BCUT2D eigenvalue weighted by Crippen LogP contribution is -2.34. The van der Waals surface area contributed by atoms with Gasteiger partial charge in [0.15, 0.2) is 0 Å². The van der Waals surface area contributed by atoms with Gasteiger partial charge in [-0.15, -0.1) is 12.4 Å². The van der Waals surface area contributed by atoms with Gasteiger partial charge in [-0.25, -0.2) is 0 Å². The number of hydrogen-bond donors (Lipinski definition) is 1. The van der Waals surface area contributed by atoms with Gasteiger partial charge in [0, 0.05) is 31.7 Å². The molecule has 0 bridgehead atoms. The number of rotatable bonds is 6. The zero-order valence-electron chi connectivity index (χ0n) is 16.2. The lowest BCUT2D eigenvalue weighted by atomic mass is 9.90. The molecule has 1 aliphatic heterocycles. The van der Waals surface area contributed by atoms with Gasteiger partial charge in [0.25, 0.3) is 5.91 Å². The average molecular weight is 388 g/mol. The molecule has 27 heavy (non-hydrogen) atoms. The summed E-state index contributed by atoms with van der Waals surface area (Å²) in [6, 6.07) is 18.5. The van der Waals surface area contributed by atoms with E-state index in [1.807, 2.05) is 29.2 Å². The van der Waals surface area contributed by atoms with Crippen LogP contribution in [0.5, 0.6) is 0 Å². The molecule has 4 nitrogen and oxygen atoms in total. The monoisotopic (exact) mass is 387 g/mol. The number of halogens is 1. The highest BCUT2D eigenvalue weighted by molar-refractivity contribution is 5.94. The van der Waals surface area contributed by atoms with Crippen LogP contribution < -0.4 is 5.73 Å². The Balaban J connectivity index is 0.00000261. The molecule has 0 aromatic heterocycles. The van der Waals surface area contributed by atoms with Crippen molar-refractivity contribution in [2.24, 2.45) is 11.1 Å². The van der Waals surface area contributed by atoms with E-state index in [0.717, 1.165) is 43.7 Å². The van der Waals surface area contributed by atoms with E-state index in [1.54, 1.807) is 0 Å². The van der Waals surface area contributed by atoms with Crippen LogP contribution in [0.3, 0.4) is 0 Å². The highest BCUT2D eigenvalue weighted by atomic mass is 35.5. The van der Waals surface area contributed by atoms with Crippen LogP contribution in [0.4, 0.5) is 0 Å². The Morgan fingerprint density at radius 2 is 1.78 bits per heavy atom. The Morgan fingerprint density at radius 3 is 2.44 bits per heavy atom. The summed E-state index contributed by atoms with van der Waals surface area (Å²) in [7, 11) is 2.11. The molecule has 146 valence electrons. The second kappa shape index (κ2) is 9.36. The SMILES string of the molecule is CN(Cc1ccccc1)Cc1cccc(C(=O)N2CCC(C)(CN)C2)c1.Cl. The minimum Gasteiger partial charge on any atom is -0.338 e. The van der Waals surface area contributed by atoms with Crippen LogP contribution in [0, 0.1) is 5.41 Å². The van der Waals surface area contributed by atoms with E-state index in [4.69, 9.17) is 5.73 Å². The van der Waals surface area contributed by atoms with Gasteiger partial charge < -0.3 is 10.6 Å². The number of likely N-dealkylation sites (tertiary alicyclic amines) is 1. The zero-order valence-corrected chi connectivity index (χ0v) is 17.0. The molecular weight excluding hydrogens is 358 g/mol. The number of nitrogens with two attached hydrogens (primary N) is 1. The van der Waals surface area contributed by atoms with Gasteiger partial charge >= 0.3 is 0 Å². The van der Waals surface area contributed by atoms with Gasteiger partial charge in [-0.3, -0.25) is 9.69 Å². The summed E-state index contributed by atoms with van der Waals surface area (Å²) < 4.78 is 0. The molecule has 1 amide bonds. The van der Waals surface area contributed by atoms with E-state index >= 15 is 0 Å². The second-order valence-electron chi connectivity index (χ2n) is 7.85. The van der Waals surface area contributed by atoms with Gasteiger partial charge in [0.1, 0.15) is 0 Å². The fourth-order valence-electron chi connectivity index (χ4n) is 3.61. The van der Waals surface area contributed by atoms with Crippen molar-refractivity contribution < 1.29 is 4.79 Å². The van der Waals surface area contributed by atoms with Crippen LogP contribution in [0.2, 0.25) is 0 Å². The minimum atomic E-state index is 0. The number of benzene rings is 2. The molecule has 1 aliphatic rings. The number of nitrogens with zero attached hydrogens (tertiary/aromatic N) is 2. The predicted molar refractivity (Wildman–Crippen MR) is 113 cm³/mol. The van der Waals surface area contributed by atoms with Gasteiger partial charge in [-0.05, 0) is 48.7 Å². The van der Waals surface area contributed by atoms with Crippen LogP contribution in [-0.2, 0) is 13.1 Å². The Labute approximate surface area is 168 Å². The summed E-state index contributed by atoms with van der Waals surface area (Å²) in [5.41, 5.74) is 9.16. The largest absolute Gasteiger partial charge is 0.338 e. The maximum atomic E-state index is 12.9. The Bertz CT molecular complexity index is 752. The lowest BCUT2D eigenvalue weighted by Gasteiger charge is -2.23. The summed E-state index contributed by atoms with van der Waals surface area (Å²) in [5, 5.41) is 0. The number of carbonyl (C=O) groups is 1. The third-order valence-corrected chi connectivity index (χ3v) is 5.26. The smallest absolute Gasteiger partial charge is 0.253 e. The van der Waals surface area contributed by atoms with Gasteiger partial charge in [-0.1, -0.05) is 49.4 Å². The molecular formula is C22H30ClN3O. The molecule has 5 heteroatoms. The minimum absolute atomic E-state index is 0. The van der Waals surface area contributed by atoms with E-state index in [-0.39, 0.29) is 23.7 Å². The van der Waals surface area contributed by atoms with Gasteiger partial charge in [-0.2, -0.15) is 0 Å². The number of carbonyl (C=O) groups excluding carboxylic acids is 1. The highest BCUT2D eigenvalue weighted by Gasteiger charge is 2.35. The predicted octanol–water partition coefficient (Wildman–Crippen LogP) is 3.55. The van der Waals surface area contributed by atoms with Crippen molar-refractivity contribution in [1.82, 2.24) is 9.80 Å². The summed E-state index contributed by atoms with van der Waals surface area (Å²) in [4.78, 5) is 17.1. The molecule has 1 heterocycles. The standard InChI is InChI=1S/C22H29N3O.ClH/c1-22(16-23)11-12-25(17-22)21(26)20-10-6-9-19(13-20)15-24(2)14-18-7-4-3-5-8-18;/h3-10,13H,11-12,14-17,23H2,1-2H3;1H. The molecule has 1 saturated heterocycles. The third kappa shape index (κ3) is 5.55. The van der Waals surface area contributed by atoms with Crippen molar-refractivity contribution in [3.8, 4) is 0 Å². The van der Waals surface area contributed by atoms with Gasteiger partial charge in [0.05, 0.1) is 0 Å². The Morgan fingerprint density at radius 1 is 1.11 bits per heavy atom. The van der Waals surface area contributed by atoms with Crippen LogP contribution in [0.25, 0.3) is 0 Å². The molecule has 1 atom stereocenters.